The van der Waals surface area contributed by atoms with Crippen LogP contribution in [0.4, 0.5) is 5.69 Å². The van der Waals surface area contributed by atoms with E-state index in [2.05, 4.69) is 34.6 Å². The van der Waals surface area contributed by atoms with E-state index in [1.165, 1.54) is 18.4 Å². The molecule has 0 aliphatic rings. The zero-order chi connectivity index (χ0) is 23.2. The van der Waals surface area contributed by atoms with Crippen LogP contribution in [-0.4, -0.2) is 27.5 Å². The van der Waals surface area contributed by atoms with Crippen LogP contribution in [0, 0.1) is 6.92 Å². The molecule has 170 valence electrons. The third-order valence-electron chi connectivity index (χ3n) is 5.53. The third kappa shape index (κ3) is 5.40. The average Bonchev–Trinajstić information content (AvgIpc) is 3.24. The molecule has 1 heterocycles. The number of hydrogen-bond acceptors (Lipinski definition) is 4. The van der Waals surface area contributed by atoms with Crippen LogP contribution < -0.4 is 10.1 Å². The van der Waals surface area contributed by atoms with Crippen LogP contribution >= 0.6 is 0 Å². The van der Waals surface area contributed by atoms with Gasteiger partial charge in [0.2, 0.25) is 0 Å². The summed E-state index contributed by atoms with van der Waals surface area (Å²) in [5, 5.41) is 12.3. The van der Waals surface area contributed by atoms with Gasteiger partial charge in [-0.1, -0.05) is 38.5 Å². The number of hydrogen-bond donors (Lipinski definition) is 1. The van der Waals surface area contributed by atoms with Gasteiger partial charge in [0.25, 0.3) is 5.91 Å². The van der Waals surface area contributed by atoms with Crippen molar-refractivity contribution in [3.05, 3.63) is 77.4 Å². The zero-order valence-electron chi connectivity index (χ0n) is 19.5. The molecule has 4 aromatic rings. The minimum Gasteiger partial charge on any atom is -0.494 e. The Kier molecular flexibility index (Phi) is 7.03. The molecule has 0 unspecified atom stereocenters. The largest absolute Gasteiger partial charge is 0.494 e. The van der Waals surface area contributed by atoms with E-state index in [4.69, 9.17) is 4.74 Å². The molecule has 1 aromatic heterocycles. The van der Waals surface area contributed by atoms with Crippen molar-refractivity contribution in [1.29, 1.82) is 0 Å². The molecule has 4 rings (SSSR count). The molecule has 1 amide bonds. The normalized spacial score (nSPS) is 11.0. The maximum atomic E-state index is 12.9. The zero-order valence-corrected chi connectivity index (χ0v) is 19.5. The lowest BCUT2D eigenvalue weighted by atomic mass is 10.1. The van der Waals surface area contributed by atoms with Crippen molar-refractivity contribution in [1.82, 2.24) is 15.0 Å². The Morgan fingerprint density at radius 3 is 2.45 bits per heavy atom. The molecule has 0 radical (unpaired) electrons. The smallest absolute Gasteiger partial charge is 0.255 e. The highest BCUT2D eigenvalue weighted by Gasteiger charge is 2.13. The molecule has 0 aliphatic carbocycles. The van der Waals surface area contributed by atoms with Crippen LogP contribution in [0.25, 0.3) is 16.7 Å². The van der Waals surface area contributed by atoms with Crippen LogP contribution in [0.3, 0.4) is 0 Å². The summed E-state index contributed by atoms with van der Waals surface area (Å²) in [6.45, 7) is 6.83. The molecule has 1 N–H and O–H groups in total. The quantitative estimate of drug-likeness (QED) is 0.339. The minimum absolute atomic E-state index is 0.186. The summed E-state index contributed by atoms with van der Waals surface area (Å²) in [5.41, 5.74) is 5.95. The SMILES string of the molecule is CCCCc1ccc(-n2nc3cc(C)c(NC(=O)c4cccc(OCCC)c4)cc3n2)cc1. The lowest BCUT2D eigenvalue weighted by Crippen LogP contribution is -2.13. The highest BCUT2D eigenvalue weighted by Crippen LogP contribution is 2.24. The number of aryl methyl sites for hydroxylation is 2. The van der Waals surface area contributed by atoms with E-state index in [0.29, 0.717) is 23.6 Å². The molecule has 33 heavy (non-hydrogen) atoms. The Labute approximate surface area is 194 Å². The number of nitrogens with one attached hydrogen (secondary N) is 1. The fourth-order valence-corrected chi connectivity index (χ4v) is 3.64. The van der Waals surface area contributed by atoms with Crippen molar-refractivity contribution in [2.45, 2.75) is 46.5 Å². The van der Waals surface area contributed by atoms with Gasteiger partial charge in [-0.15, -0.1) is 10.2 Å². The van der Waals surface area contributed by atoms with Gasteiger partial charge in [0.15, 0.2) is 0 Å². The standard InChI is InChI=1S/C27H30N4O2/c1-4-6-8-20-11-13-22(14-12-20)31-29-25-16-19(3)24(18-26(25)30-31)28-27(32)21-9-7-10-23(17-21)33-15-5-2/h7,9-14,16-18H,4-6,8,15H2,1-3H3,(H,28,32). The van der Waals surface area contributed by atoms with E-state index in [-0.39, 0.29) is 5.91 Å². The molecule has 6 heteroatoms. The number of unbranched alkanes of at least 4 members (excludes halogenated alkanes) is 1. The van der Waals surface area contributed by atoms with Gasteiger partial charge >= 0.3 is 0 Å². The Balaban J connectivity index is 1.54. The first-order chi connectivity index (χ1) is 16.1. The summed E-state index contributed by atoms with van der Waals surface area (Å²) >= 11 is 0. The van der Waals surface area contributed by atoms with E-state index in [9.17, 15) is 4.79 Å². The topological polar surface area (TPSA) is 69.0 Å². The first kappa shape index (κ1) is 22.5. The summed E-state index contributed by atoms with van der Waals surface area (Å²) in [6.07, 6.45) is 4.37. The summed E-state index contributed by atoms with van der Waals surface area (Å²) < 4.78 is 5.65. The number of carbonyl (C=O) groups is 1. The van der Waals surface area contributed by atoms with E-state index in [0.717, 1.165) is 35.1 Å². The molecule has 0 bridgehead atoms. The molecule has 0 saturated heterocycles. The van der Waals surface area contributed by atoms with Crippen LogP contribution in [0.2, 0.25) is 0 Å². The van der Waals surface area contributed by atoms with E-state index < -0.39 is 0 Å². The number of ether oxygens (including phenoxy) is 1. The molecule has 6 nitrogen and oxygen atoms in total. The van der Waals surface area contributed by atoms with Crippen molar-refractivity contribution >= 4 is 22.6 Å². The second-order valence-corrected chi connectivity index (χ2v) is 8.25. The monoisotopic (exact) mass is 442 g/mol. The van der Waals surface area contributed by atoms with Crippen LogP contribution in [0.1, 0.15) is 54.6 Å². The molecular formula is C27H30N4O2. The first-order valence-electron chi connectivity index (χ1n) is 11.6. The van der Waals surface area contributed by atoms with Gasteiger partial charge in [-0.05, 0) is 79.8 Å². The van der Waals surface area contributed by atoms with Crippen molar-refractivity contribution < 1.29 is 9.53 Å². The van der Waals surface area contributed by atoms with Crippen molar-refractivity contribution in [2.75, 3.05) is 11.9 Å². The summed E-state index contributed by atoms with van der Waals surface area (Å²) in [7, 11) is 0. The molecular weight excluding hydrogens is 412 g/mol. The van der Waals surface area contributed by atoms with E-state index in [1.807, 2.05) is 50.2 Å². The number of anilines is 1. The van der Waals surface area contributed by atoms with Crippen molar-refractivity contribution in [3.8, 4) is 11.4 Å². The number of benzene rings is 3. The number of fused-ring (bicyclic) bond motifs is 1. The number of nitrogens with zero attached hydrogens (tertiary/aromatic N) is 3. The third-order valence-corrected chi connectivity index (χ3v) is 5.53. The Morgan fingerprint density at radius 1 is 0.970 bits per heavy atom. The second-order valence-electron chi connectivity index (χ2n) is 8.25. The van der Waals surface area contributed by atoms with Gasteiger partial charge < -0.3 is 10.1 Å². The highest BCUT2D eigenvalue weighted by atomic mass is 16.5. The molecule has 0 aliphatic heterocycles. The van der Waals surface area contributed by atoms with Crippen LogP contribution in [0.15, 0.2) is 60.7 Å². The van der Waals surface area contributed by atoms with Gasteiger partial charge in [-0.25, -0.2) is 0 Å². The number of carbonyl (C=O) groups excluding carboxylic acids is 1. The predicted octanol–water partition coefficient (Wildman–Crippen LogP) is 6.11. The Bertz CT molecular complexity index is 1240. The van der Waals surface area contributed by atoms with Gasteiger partial charge in [0.1, 0.15) is 16.8 Å². The van der Waals surface area contributed by atoms with Gasteiger partial charge in [-0.2, -0.15) is 4.80 Å². The molecule has 3 aromatic carbocycles. The Morgan fingerprint density at radius 2 is 1.73 bits per heavy atom. The summed E-state index contributed by atoms with van der Waals surface area (Å²) in [4.78, 5) is 14.5. The van der Waals surface area contributed by atoms with Gasteiger partial charge in [0.05, 0.1) is 12.3 Å². The van der Waals surface area contributed by atoms with E-state index in [1.54, 1.807) is 16.9 Å². The average molecular weight is 443 g/mol. The maximum Gasteiger partial charge on any atom is 0.255 e. The number of rotatable bonds is 9. The van der Waals surface area contributed by atoms with Gasteiger partial charge in [0, 0.05) is 11.3 Å². The fourth-order valence-electron chi connectivity index (χ4n) is 3.64. The maximum absolute atomic E-state index is 12.9. The first-order valence-corrected chi connectivity index (χ1v) is 11.6. The number of amides is 1. The highest BCUT2D eigenvalue weighted by molar-refractivity contribution is 6.05. The minimum atomic E-state index is -0.186. The predicted molar refractivity (Wildman–Crippen MR) is 132 cm³/mol. The lowest BCUT2D eigenvalue weighted by molar-refractivity contribution is 0.102. The van der Waals surface area contributed by atoms with Crippen molar-refractivity contribution in [3.63, 3.8) is 0 Å². The molecule has 0 spiro atoms. The van der Waals surface area contributed by atoms with Crippen LogP contribution in [0.5, 0.6) is 5.75 Å². The number of aromatic nitrogens is 3. The van der Waals surface area contributed by atoms with Gasteiger partial charge in [-0.3, -0.25) is 4.79 Å². The fraction of sp³-hybridized carbons (Fsp3) is 0.296. The summed E-state index contributed by atoms with van der Waals surface area (Å²) in [5.74, 6) is 0.509. The van der Waals surface area contributed by atoms with Crippen molar-refractivity contribution in [2.24, 2.45) is 0 Å². The molecule has 0 atom stereocenters. The van der Waals surface area contributed by atoms with Crippen LogP contribution in [-0.2, 0) is 6.42 Å². The van der Waals surface area contributed by atoms with E-state index >= 15 is 0 Å². The molecule has 0 saturated carbocycles. The second kappa shape index (κ2) is 10.3. The lowest BCUT2D eigenvalue weighted by Gasteiger charge is -2.10. The summed E-state index contributed by atoms with van der Waals surface area (Å²) in [6, 6.07) is 19.4. The molecule has 0 fully saturated rings. The Hall–Kier alpha value is -3.67.